The van der Waals surface area contributed by atoms with E-state index in [1.165, 1.54) is 151 Å². The lowest BCUT2D eigenvalue weighted by Crippen LogP contribution is -2.02. The van der Waals surface area contributed by atoms with Crippen LogP contribution < -0.4 is 0 Å². The fourth-order valence-electron chi connectivity index (χ4n) is 6.66. The van der Waals surface area contributed by atoms with E-state index in [4.69, 9.17) is 9.98 Å². The summed E-state index contributed by atoms with van der Waals surface area (Å²) in [6, 6.07) is 9.47. The number of hydrogen-bond acceptors (Lipinski definition) is 2. The van der Waals surface area contributed by atoms with E-state index >= 15 is 0 Å². The molecule has 2 aromatic carbocycles. The molecule has 2 aromatic rings. The van der Waals surface area contributed by atoms with Crippen LogP contribution in [0.2, 0.25) is 0 Å². The largest absolute Gasteiger partial charge is 0.255 e. The zero-order chi connectivity index (χ0) is 32.7. The van der Waals surface area contributed by atoms with Gasteiger partial charge in [0.05, 0.1) is 17.1 Å². The average molecular weight is 615 g/mol. The fraction of sp³-hybridized carbons (Fsp3) is 0.674. The average Bonchev–Trinajstić information content (AvgIpc) is 3.04. The fourth-order valence-corrected chi connectivity index (χ4v) is 6.66. The van der Waals surface area contributed by atoms with Crippen molar-refractivity contribution >= 4 is 23.3 Å². The molecule has 252 valence electrons. The molecule has 0 bridgehead atoms. The lowest BCUT2D eigenvalue weighted by atomic mass is 9.91. The van der Waals surface area contributed by atoms with Crippen LogP contribution in [0.25, 0.3) is 0 Å². The van der Waals surface area contributed by atoms with E-state index < -0.39 is 0 Å². The first-order chi connectivity index (χ1) is 22.0. The lowest BCUT2D eigenvalue weighted by molar-refractivity contribution is 0.604. The Labute approximate surface area is 280 Å². The summed E-state index contributed by atoms with van der Waals surface area (Å²) in [6.07, 6.45) is 29.8. The normalized spacial score (nSPS) is 12.1. The van der Waals surface area contributed by atoms with E-state index in [1.54, 1.807) is 11.1 Å². The van der Waals surface area contributed by atoms with Crippen molar-refractivity contribution in [3.63, 3.8) is 0 Å². The van der Waals surface area contributed by atoms with Gasteiger partial charge < -0.3 is 0 Å². The van der Waals surface area contributed by atoms with Gasteiger partial charge in [-0.05, 0) is 129 Å². The van der Waals surface area contributed by atoms with Crippen LogP contribution in [-0.4, -0.2) is 11.9 Å². The maximum Gasteiger partial charge on any atom is 0.0639 e. The Balaban J connectivity index is 2.32. The quantitative estimate of drug-likeness (QED) is 0.0785. The maximum absolute atomic E-state index is 5.19. The molecular weight excluding hydrogens is 544 g/mol. The summed E-state index contributed by atoms with van der Waals surface area (Å²) in [5.41, 5.74) is 12.4. The van der Waals surface area contributed by atoms with Crippen molar-refractivity contribution < 1.29 is 0 Å². The van der Waals surface area contributed by atoms with Gasteiger partial charge in [0.15, 0.2) is 0 Å². The highest BCUT2D eigenvalue weighted by molar-refractivity contribution is 6.31. The predicted octanol–water partition coefficient (Wildman–Crippen LogP) is 13.9. The van der Waals surface area contributed by atoms with Crippen LogP contribution in [0.3, 0.4) is 0 Å². The Morgan fingerprint density at radius 1 is 0.511 bits per heavy atom. The Kier molecular flexibility index (Phi) is 20.8. The molecule has 2 heteroatoms. The molecule has 0 radical (unpaired) electrons. The molecular formula is C43H70N2. The summed E-state index contributed by atoms with van der Waals surface area (Å²) in [7, 11) is 0. The van der Waals surface area contributed by atoms with Crippen molar-refractivity contribution in [1.82, 2.24) is 0 Å². The highest BCUT2D eigenvalue weighted by atomic mass is 14.8. The molecule has 0 aliphatic rings. The third kappa shape index (κ3) is 14.8. The number of unbranched alkanes of at least 4 members (excludes halogenated alkanes) is 12. The van der Waals surface area contributed by atoms with Crippen LogP contribution in [0.1, 0.15) is 184 Å². The third-order valence-electron chi connectivity index (χ3n) is 9.51. The van der Waals surface area contributed by atoms with Crippen molar-refractivity contribution in [3.8, 4) is 0 Å². The minimum absolute atomic E-state index is 0.882. The highest BCUT2D eigenvalue weighted by Crippen LogP contribution is 2.29. The first-order valence-electron chi connectivity index (χ1n) is 19.4. The SMILES string of the molecule is CCCCCCCCc1c(C)cc(N=C(C=Nc2cc(CC)c(CCCC)c(CCCCCC)c2)CC)cc1CCCCCC. The van der Waals surface area contributed by atoms with Crippen molar-refractivity contribution in [1.29, 1.82) is 0 Å². The number of aliphatic imine (C=N–C) groups is 2. The van der Waals surface area contributed by atoms with Gasteiger partial charge in [-0.1, -0.05) is 119 Å². The summed E-state index contributed by atoms with van der Waals surface area (Å²) < 4.78 is 0. The Morgan fingerprint density at radius 3 is 1.60 bits per heavy atom. The zero-order valence-electron chi connectivity index (χ0n) is 30.8. The van der Waals surface area contributed by atoms with Crippen molar-refractivity contribution in [2.75, 3.05) is 0 Å². The first kappa shape index (κ1) is 39.0. The van der Waals surface area contributed by atoms with Gasteiger partial charge in [-0.3, -0.25) is 9.98 Å². The molecule has 0 fully saturated rings. The molecule has 0 atom stereocenters. The van der Waals surface area contributed by atoms with Crippen molar-refractivity contribution in [2.24, 2.45) is 9.98 Å². The van der Waals surface area contributed by atoms with Crippen LogP contribution in [-0.2, 0) is 32.1 Å². The zero-order valence-corrected chi connectivity index (χ0v) is 30.8. The molecule has 0 heterocycles. The molecule has 2 nitrogen and oxygen atoms in total. The smallest absolute Gasteiger partial charge is 0.0639 e. The molecule has 0 N–H and O–H groups in total. The van der Waals surface area contributed by atoms with Gasteiger partial charge in [0.2, 0.25) is 0 Å². The summed E-state index contributed by atoms with van der Waals surface area (Å²) in [5, 5.41) is 0. The predicted molar refractivity (Wildman–Crippen MR) is 204 cm³/mol. The number of rotatable bonds is 25. The van der Waals surface area contributed by atoms with Crippen LogP contribution in [0, 0.1) is 6.92 Å². The molecule has 45 heavy (non-hydrogen) atoms. The van der Waals surface area contributed by atoms with Gasteiger partial charge in [0, 0.05) is 6.21 Å². The maximum atomic E-state index is 5.19. The van der Waals surface area contributed by atoms with E-state index in [-0.39, 0.29) is 0 Å². The van der Waals surface area contributed by atoms with Crippen molar-refractivity contribution in [2.45, 2.75) is 190 Å². The summed E-state index contributed by atoms with van der Waals surface area (Å²) in [6.45, 7) is 16.0. The highest BCUT2D eigenvalue weighted by Gasteiger charge is 2.12. The summed E-state index contributed by atoms with van der Waals surface area (Å²) >= 11 is 0. The van der Waals surface area contributed by atoms with Gasteiger partial charge >= 0.3 is 0 Å². The second-order valence-electron chi connectivity index (χ2n) is 13.5. The number of nitrogens with zero attached hydrogens (tertiary/aromatic N) is 2. The van der Waals surface area contributed by atoms with Crippen LogP contribution in [0.15, 0.2) is 34.3 Å². The van der Waals surface area contributed by atoms with Gasteiger partial charge in [0.1, 0.15) is 0 Å². The van der Waals surface area contributed by atoms with E-state index in [0.29, 0.717) is 0 Å². The summed E-state index contributed by atoms with van der Waals surface area (Å²) in [5.74, 6) is 0. The molecule has 2 rings (SSSR count). The molecule has 0 unspecified atom stereocenters. The lowest BCUT2D eigenvalue weighted by Gasteiger charge is -2.16. The third-order valence-corrected chi connectivity index (χ3v) is 9.51. The van der Waals surface area contributed by atoms with Crippen LogP contribution >= 0.6 is 0 Å². The second kappa shape index (κ2) is 24.0. The van der Waals surface area contributed by atoms with E-state index in [0.717, 1.165) is 29.9 Å². The minimum atomic E-state index is 0.882. The number of benzene rings is 2. The molecule has 0 saturated carbocycles. The minimum Gasteiger partial charge on any atom is -0.255 e. The van der Waals surface area contributed by atoms with E-state index in [9.17, 15) is 0 Å². The Hall–Kier alpha value is -2.22. The van der Waals surface area contributed by atoms with Gasteiger partial charge in [-0.2, -0.15) is 0 Å². The van der Waals surface area contributed by atoms with Crippen LogP contribution in [0.4, 0.5) is 11.4 Å². The summed E-state index contributed by atoms with van der Waals surface area (Å²) in [4.78, 5) is 10.2. The Bertz CT molecular complexity index is 1140. The molecule has 0 aliphatic heterocycles. The molecule has 0 spiro atoms. The number of aryl methyl sites for hydroxylation is 4. The van der Waals surface area contributed by atoms with Gasteiger partial charge in [-0.25, -0.2) is 0 Å². The molecule has 0 saturated heterocycles. The van der Waals surface area contributed by atoms with Crippen molar-refractivity contribution in [3.05, 3.63) is 57.6 Å². The molecule has 0 amide bonds. The van der Waals surface area contributed by atoms with Crippen LogP contribution in [0.5, 0.6) is 0 Å². The van der Waals surface area contributed by atoms with E-state index in [2.05, 4.69) is 72.7 Å². The molecule has 0 aromatic heterocycles. The monoisotopic (exact) mass is 615 g/mol. The van der Waals surface area contributed by atoms with Gasteiger partial charge in [0.25, 0.3) is 0 Å². The first-order valence-corrected chi connectivity index (χ1v) is 19.4. The Morgan fingerprint density at radius 2 is 1.00 bits per heavy atom. The second-order valence-corrected chi connectivity index (χ2v) is 13.5. The number of hydrogen-bond donors (Lipinski definition) is 0. The van der Waals surface area contributed by atoms with Gasteiger partial charge in [-0.15, -0.1) is 0 Å². The topological polar surface area (TPSA) is 24.7 Å². The molecule has 0 aliphatic carbocycles. The van der Waals surface area contributed by atoms with E-state index in [1.807, 2.05) is 6.21 Å². The standard InChI is InChI=1S/C43H70N2/c1-8-14-18-21-22-25-29-42-35(7)30-41(33-37(42)26-23-19-15-9-2)45-39(13-6)34-44-40-31-36(12-5)43(28-17-11-4)38(32-40)27-24-20-16-10-3/h30-34H,8-29H2,1-7H3.